The molecule has 2 nitrogen and oxygen atoms in total. The van der Waals surface area contributed by atoms with Crippen LogP contribution >= 0.6 is 0 Å². The third kappa shape index (κ3) is 18.2. The van der Waals surface area contributed by atoms with E-state index in [0.717, 1.165) is 12.5 Å². The summed E-state index contributed by atoms with van der Waals surface area (Å²) in [6, 6.07) is 0. The van der Waals surface area contributed by atoms with Crippen molar-refractivity contribution in [3.8, 4) is 0 Å². The molecule has 0 aliphatic heterocycles. The van der Waals surface area contributed by atoms with Gasteiger partial charge in [-0.3, -0.25) is 0 Å². The minimum absolute atomic E-state index is 0.931. The molecule has 1 N–H and O–H groups in total. The van der Waals surface area contributed by atoms with Gasteiger partial charge in [0.2, 0.25) is 0 Å². The third-order valence-electron chi connectivity index (χ3n) is 3.13. The highest BCUT2D eigenvalue weighted by Gasteiger charge is 1.88. The number of unbranched alkanes of at least 4 members (excludes halogenated alkanes) is 7. The van der Waals surface area contributed by atoms with Gasteiger partial charge in [0.15, 0.2) is 0 Å². The molecule has 2 heteroatoms. The molecule has 0 aromatic heterocycles. The minimum atomic E-state index is -0.931. The van der Waals surface area contributed by atoms with Crippen LogP contribution in [0.25, 0.3) is 0 Å². The summed E-state index contributed by atoms with van der Waals surface area (Å²) in [4.78, 5) is 10.2. The molecule has 0 radical (unpaired) electrons. The Bertz CT molecular complexity index is 398. The van der Waals surface area contributed by atoms with Crippen molar-refractivity contribution in [3.63, 3.8) is 0 Å². The molecule has 0 fully saturated rings. The first-order valence-electron chi connectivity index (χ1n) is 8.33. The Labute approximate surface area is 135 Å². The summed E-state index contributed by atoms with van der Waals surface area (Å²) in [5, 5.41) is 8.38. The number of hydrogen-bond acceptors (Lipinski definition) is 1. The quantitative estimate of drug-likeness (QED) is 0.258. The predicted octanol–water partition coefficient (Wildman–Crippen LogP) is 5.99. The van der Waals surface area contributed by atoms with Crippen LogP contribution in [0.15, 0.2) is 60.8 Å². The van der Waals surface area contributed by atoms with E-state index < -0.39 is 5.97 Å². The number of aliphatic carboxylic acids is 1. The summed E-state index contributed by atoms with van der Waals surface area (Å²) < 4.78 is 0. The zero-order valence-corrected chi connectivity index (χ0v) is 13.8. The van der Waals surface area contributed by atoms with Crippen LogP contribution in [-0.2, 0) is 4.79 Å². The van der Waals surface area contributed by atoms with Crippen molar-refractivity contribution >= 4 is 5.97 Å². The lowest BCUT2D eigenvalue weighted by molar-refractivity contribution is -0.131. The monoisotopic (exact) mass is 302 g/mol. The largest absolute Gasteiger partial charge is 0.478 e. The zero-order valence-electron chi connectivity index (χ0n) is 13.8. The number of carboxylic acid groups (broad SMARTS) is 1. The Hall–Kier alpha value is -1.83. The molecule has 0 aromatic carbocycles. The minimum Gasteiger partial charge on any atom is -0.478 e. The normalized spacial score (nSPS) is 12.8. The van der Waals surface area contributed by atoms with Crippen LogP contribution in [0, 0.1) is 0 Å². The number of carbonyl (C=O) groups is 1. The van der Waals surface area contributed by atoms with E-state index in [1.54, 1.807) is 12.2 Å². The van der Waals surface area contributed by atoms with E-state index in [-0.39, 0.29) is 0 Å². The second-order valence-corrected chi connectivity index (χ2v) is 5.19. The SMILES string of the molecule is CCCCCCCCCC=CC=CC=CC=C/C=C\C(=O)O. The summed E-state index contributed by atoms with van der Waals surface area (Å²) in [5.41, 5.74) is 0. The molecule has 0 aliphatic carbocycles. The Morgan fingerprint density at radius 1 is 0.727 bits per heavy atom. The first-order valence-corrected chi connectivity index (χ1v) is 8.33. The van der Waals surface area contributed by atoms with Gasteiger partial charge in [-0.15, -0.1) is 0 Å². The van der Waals surface area contributed by atoms with Gasteiger partial charge < -0.3 is 5.11 Å². The van der Waals surface area contributed by atoms with Gasteiger partial charge in [-0.25, -0.2) is 4.79 Å². The van der Waals surface area contributed by atoms with E-state index in [4.69, 9.17) is 5.11 Å². The molecular weight excluding hydrogens is 272 g/mol. The van der Waals surface area contributed by atoms with E-state index in [1.807, 2.05) is 24.3 Å². The highest BCUT2D eigenvalue weighted by atomic mass is 16.4. The maximum atomic E-state index is 10.2. The van der Waals surface area contributed by atoms with Crippen LogP contribution in [0.1, 0.15) is 58.3 Å². The molecular formula is C20H30O2. The van der Waals surface area contributed by atoms with Crippen LogP contribution in [-0.4, -0.2) is 11.1 Å². The summed E-state index contributed by atoms with van der Waals surface area (Å²) in [6.45, 7) is 2.25. The summed E-state index contributed by atoms with van der Waals surface area (Å²) in [5.74, 6) is -0.931. The molecule has 22 heavy (non-hydrogen) atoms. The van der Waals surface area contributed by atoms with Gasteiger partial charge >= 0.3 is 5.97 Å². The Morgan fingerprint density at radius 3 is 1.82 bits per heavy atom. The van der Waals surface area contributed by atoms with Crippen LogP contribution in [0.4, 0.5) is 0 Å². The lowest BCUT2D eigenvalue weighted by Crippen LogP contribution is -1.84. The van der Waals surface area contributed by atoms with Crippen molar-refractivity contribution < 1.29 is 9.90 Å². The molecule has 0 aromatic rings. The fraction of sp³-hybridized carbons (Fsp3) is 0.450. The van der Waals surface area contributed by atoms with E-state index >= 15 is 0 Å². The van der Waals surface area contributed by atoms with Crippen molar-refractivity contribution in [2.45, 2.75) is 58.3 Å². The number of hydrogen-bond donors (Lipinski definition) is 1. The third-order valence-corrected chi connectivity index (χ3v) is 3.13. The molecule has 0 rings (SSSR count). The van der Waals surface area contributed by atoms with Crippen molar-refractivity contribution in [2.75, 3.05) is 0 Å². The first-order chi connectivity index (χ1) is 10.8. The van der Waals surface area contributed by atoms with Gasteiger partial charge in [-0.2, -0.15) is 0 Å². The van der Waals surface area contributed by atoms with Crippen molar-refractivity contribution in [3.05, 3.63) is 60.8 Å². The topological polar surface area (TPSA) is 37.3 Å². The van der Waals surface area contributed by atoms with Crippen LogP contribution < -0.4 is 0 Å². The Morgan fingerprint density at radius 2 is 1.23 bits per heavy atom. The van der Waals surface area contributed by atoms with Crippen molar-refractivity contribution in [1.29, 1.82) is 0 Å². The fourth-order valence-corrected chi connectivity index (χ4v) is 1.92. The lowest BCUT2D eigenvalue weighted by Gasteiger charge is -1.98. The average Bonchev–Trinajstić information content (AvgIpc) is 2.50. The summed E-state index contributed by atoms with van der Waals surface area (Å²) >= 11 is 0. The molecule has 0 aliphatic rings. The van der Waals surface area contributed by atoms with Crippen LogP contribution in [0.5, 0.6) is 0 Å². The fourth-order valence-electron chi connectivity index (χ4n) is 1.92. The molecule has 0 amide bonds. The maximum Gasteiger partial charge on any atom is 0.328 e. The standard InChI is InChI=1S/C20H30O2/c1-2-3-4-5-6-7-8-9-10-11-12-13-14-15-16-17-18-19-20(21)22/h10-19H,2-9H2,1H3,(H,21,22)/b11-10?,13-12?,15-14?,17-16?,19-18-. The van der Waals surface area contributed by atoms with Gasteiger partial charge in [0, 0.05) is 6.08 Å². The van der Waals surface area contributed by atoms with E-state index in [9.17, 15) is 4.79 Å². The second kappa shape index (κ2) is 17.2. The zero-order chi connectivity index (χ0) is 16.3. The van der Waals surface area contributed by atoms with E-state index in [2.05, 4.69) is 19.1 Å². The summed E-state index contributed by atoms with van der Waals surface area (Å²) in [7, 11) is 0. The first kappa shape index (κ1) is 20.2. The van der Waals surface area contributed by atoms with Gasteiger partial charge in [-0.1, -0.05) is 100 Å². The van der Waals surface area contributed by atoms with Crippen molar-refractivity contribution in [2.24, 2.45) is 0 Å². The van der Waals surface area contributed by atoms with Gasteiger partial charge in [0.1, 0.15) is 0 Å². The lowest BCUT2D eigenvalue weighted by atomic mass is 10.1. The molecule has 0 spiro atoms. The molecule has 0 atom stereocenters. The maximum absolute atomic E-state index is 10.2. The summed E-state index contributed by atoms with van der Waals surface area (Å²) in [6.07, 6.45) is 28.8. The number of carboxylic acids is 1. The number of allylic oxidation sites excluding steroid dienone is 9. The molecule has 122 valence electrons. The second-order valence-electron chi connectivity index (χ2n) is 5.19. The molecule has 0 saturated heterocycles. The average molecular weight is 302 g/mol. The molecule has 0 bridgehead atoms. The van der Waals surface area contributed by atoms with Crippen LogP contribution in [0.3, 0.4) is 0 Å². The Balaban J connectivity index is 3.50. The van der Waals surface area contributed by atoms with Gasteiger partial charge in [0.05, 0.1) is 0 Å². The van der Waals surface area contributed by atoms with Crippen LogP contribution in [0.2, 0.25) is 0 Å². The molecule has 0 unspecified atom stereocenters. The molecule has 0 saturated carbocycles. The Kier molecular flexibility index (Phi) is 15.8. The molecule has 0 heterocycles. The van der Waals surface area contributed by atoms with Gasteiger partial charge in [-0.05, 0) is 12.8 Å². The highest BCUT2D eigenvalue weighted by Crippen LogP contribution is 2.08. The predicted molar refractivity (Wildman–Crippen MR) is 95.9 cm³/mol. The highest BCUT2D eigenvalue weighted by molar-refractivity contribution is 5.80. The van der Waals surface area contributed by atoms with Gasteiger partial charge in [0.25, 0.3) is 0 Å². The number of rotatable bonds is 13. The smallest absolute Gasteiger partial charge is 0.328 e. The van der Waals surface area contributed by atoms with E-state index in [0.29, 0.717) is 0 Å². The van der Waals surface area contributed by atoms with Crippen molar-refractivity contribution in [1.82, 2.24) is 0 Å². The van der Waals surface area contributed by atoms with E-state index in [1.165, 1.54) is 51.0 Å².